The molecule has 2 atom stereocenters. The third-order valence-electron chi connectivity index (χ3n) is 2.82. The molecule has 0 aromatic heterocycles. The van der Waals surface area contributed by atoms with Gasteiger partial charge in [-0.25, -0.2) is 0 Å². The van der Waals surface area contributed by atoms with Crippen LogP contribution in [0, 0.1) is 11.8 Å². The number of nitrogens with two attached hydrogens (primary N) is 1. The van der Waals surface area contributed by atoms with E-state index in [1.807, 2.05) is 18.7 Å². The first kappa shape index (κ1) is 10.5. The minimum atomic E-state index is 0.0978. The molecule has 0 saturated carbocycles. The second-order valence-corrected chi connectivity index (χ2v) is 4.37. The van der Waals surface area contributed by atoms with Crippen LogP contribution in [0.25, 0.3) is 0 Å². The van der Waals surface area contributed by atoms with Crippen molar-refractivity contribution in [2.45, 2.75) is 33.2 Å². The zero-order valence-electron chi connectivity index (χ0n) is 8.79. The Labute approximate surface area is 80.3 Å². The van der Waals surface area contributed by atoms with Crippen LogP contribution in [0.1, 0.15) is 27.2 Å². The van der Waals surface area contributed by atoms with Gasteiger partial charge in [0.25, 0.3) is 0 Å². The summed E-state index contributed by atoms with van der Waals surface area (Å²) in [6.45, 7) is 7.64. The van der Waals surface area contributed by atoms with Crippen LogP contribution in [0.3, 0.4) is 0 Å². The van der Waals surface area contributed by atoms with Gasteiger partial charge in [-0.3, -0.25) is 4.79 Å². The molecule has 0 spiro atoms. The van der Waals surface area contributed by atoms with Crippen molar-refractivity contribution in [2.75, 3.05) is 13.1 Å². The highest BCUT2D eigenvalue weighted by Crippen LogP contribution is 2.16. The van der Waals surface area contributed by atoms with E-state index in [9.17, 15) is 4.79 Å². The van der Waals surface area contributed by atoms with Crippen molar-refractivity contribution in [3.05, 3.63) is 0 Å². The lowest BCUT2D eigenvalue weighted by molar-refractivity contribution is -0.136. The minimum Gasteiger partial charge on any atom is -0.341 e. The maximum atomic E-state index is 11.6. The summed E-state index contributed by atoms with van der Waals surface area (Å²) in [5, 5.41) is 0. The van der Waals surface area contributed by atoms with Gasteiger partial charge in [0.2, 0.25) is 5.91 Å². The summed E-state index contributed by atoms with van der Waals surface area (Å²) >= 11 is 0. The monoisotopic (exact) mass is 184 g/mol. The zero-order chi connectivity index (χ0) is 10.0. The molecule has 3 nitrogen and oxygen atoms in total. The lowest BCUT2D eigenvalue weighted by atomic mass is 9.93. The molecular formula is C10H20N2O. The fourth-order valence-electron chi connectivity index (χ4n) is 1.66. The van der Waals surface area contributed by atoms with Crippen molar-refractivity contribution in [3.63, 3.8) is 0 Å². The molecule has 1 aliphatic rings. The Morgan fingerprint density at radius 2 is 2.15 bits per heavy atom. The van der Waals surface area contributed by atoms with E-state index in [1.54, 1.807) is 0 Å². The lowest BCUT2D eigenvalue weighted by Gasteiger charge is -2.35. The molecule has 0 radical (unpaired) electrons. The summed E-state index contributed by atoms with van der Waals surface area (Å²) in [5.41, 5.74) is 5.91. The minimum absolute atomic E-state index is 0.0978. The first-order valence-corrected chi connectivity index (χ1v) is 5.06. The van der Waals surface area contributed by atoms with E-state index in [1.165, 1.54) is 0 Å². The smallest absolute Gasteiger partial charge is 0.225 e. The predicted octanol–water partition coefficient (Wildman–Crippen LogP) is 0.838. The number of rotatable bonds is 1. The highest BCUT2D eigenvalue weighted by atomic mass is 16.2. The third kappa shape index (κ3) is 2.44. The van der Waals surface area contributed by atoms with Gasteiger partial charge in [-0.05, 0) is 12.3 Å². The highest BCUT2D eigenvalue weighted by molar-refractivity contribution is 5.78. The standard InChI is InChI=1S/C10H20N2O/c1-7(2)10(13)12-5-4-8(3)9(11)6-12/h7-9H,4-6,11H2,1-3H3/t8-,9+/m1/s1. The van der Waals surface area contributed by atoms with Crippen LogP contribution in [-0.2, 0) is 4.79 Å². The third-order valence-corrected chi connectivity index (χ3v) is 2.82. The summed E-state index contributed by atoms with van der Waals surface area (Å²) in [7, 11) is 0. The van der Waals surface area contributed by atoms with Gasteiger partial charge < -0.3 is 10.6 Å². The Balaban J connectivity index is 2.50. The van der Waals surface area contributed by atoms with E-state index in [0.29, 0.717) is 5.92 Å². The molecule has 1 saturated heterocycles. The van der Waals surface area contributed by atoms with Crippen LogP contribution in [-0.4, -0.2) is 29.9 Å². The number of likely N-dealkylation sites (tertiary alicyclic amines) is 1. The van der Waals surface area contributed by atoms with Crippen molar-refractivity contribution in [1.29, 1.82) is 0 Å². The normalized spacial score (nSPS) is 29.5. The van der Waals surface area contributed by atoms with Crippen LogP contribution in [0.4, 0.5) is 0 Å². The second-order valence-electron chi connectivity index (χ2n) is 4.37. The van der Waals surface area contributed by atoms with Gasteiger partial charge in [0.15, 0.2) is 0 Å². The number of hydrogen-bond acceptors (Lipinski definition) is 2. The molecule has 0 bridgehead atoms. The van der Waals surface area contributed by atoms with Gasteiger partial charge in [0, 0.05) is 25.0 Å². The van der Waals surface area contributed by atoms with Crippen LogP contribution in [0.15, 0.2) is 0 Å². The average molecular weight is 184 g/mol. The lowest BCUT2D eigenvalue weighted by Crippen LogP contribution is -2.50. The highest BCUT2D eigenvalue weighted by Gasteiger charge is 2.27. The predicted molar refractivity (Wildman–Crippen MR) is 53.2 cm³/mol. The molecule has 0 aromatic rings. The van der Waals surface area contributed by atoms with Gasteiger partial charge >= 0.3 is 0 Å². The first-order valence-electron chi connectivity index (χ1n) is 5.06. The molecule has 1 fully saturated rings. The Kier molecular flexibility index (Phi) is 3.31. The van der Waals surface area contributed by atoms with E-state index in [2.05, 4.69) is 6.92 Å². The van der Waals surface area contributed by atoms with Crippen molar-refractivity contribution >= 4 is 5.91 Å². The molecule has 1 aliphatic heterocycles. The summed E-state index contributed by atoms with van der Waals surface area (Å²) in [6, 6.07) is 0.163. The second kappa shape index (κ2) is 4.09. The number of carbonyl (C=O) groups excluding carboxylic acids is 1. The zero-order valence-corrected chi connectivity index (χ0v) is 8.79. The number of nitrogens with zero attached hydrogens (tertiary/aromatic N) is 1. The topological polar surface area (TPSA) is 46.3 Å². The molecule has 2 N–H and O–H groups in total. The molecule has 0 aromatic carbocycles. The Morgan fingerprint density at radius 3 is 2.62 bits per heavy atom. The number of hydrogen-bond donors (Lipinski definition) is 1. The molecule has 0 unspecified atom stereocenters. The van der Waals surface area contributed by atoms with Gasteiger partial charge in [0.1, 0.15) is 0 Å². The van der Waals surface area contributed by atoms with Crippen LogP contribution in [0.2, 0.25) is 0 Å². The maximum absolute atomic E-state index is 11.6. The quantitative estimate of drug-likeness (QED) is 0.656. The molecule has 1 rings (SSSR count). The molecule has 3 heteroatoms. The van der Waals surface area contributed by atoms with Crippen molar-refractivity contribution < 1.29 is 4.79 Å². The molecule has 1 amide bonds. The van der Waals surface area contributed by atoms with E-state index in [4.69, 9.17) is 5.73 Å². The Bertz CT molecular complexity index is 191. The number of piperidine rings is 1. The Morgan fingerprint density at radius 1 is 1.54 bits per heavy atom. The van der Waals surface area contributed by atoms with Crippen molar-refractivity contribution in [3.8, 4) is 0 Å². The molecule has 1 heterocycles. The van der Waals surface area contributed by atoms with Gasteiger partial charge in [-0.15, -0.1) is 0 Å². The maximum Gasteiger partial charge on any atom is 0.225 e. The van der Waals surface area contributed by atoms with Crippen molar-refractivity contribution in [1.82, 2.24) is 4.90 Å². The summed E-state index contributed by atoms with van der Waals surface area (Å²) in [6.07, 6.45) is 1.04. The van der Waals surface area contributed by atoms with Crippen LogP contribution >= 0.6 is 0 Å². The largest absolute Gasteiger partial charge is 0.341 e. The average Bonchev–Trinajstić information content (AvgIpc) is 2.08. The number of amides is 1. The summed E-state index contributed by atoms with van der Waals surface area (Å²) in [5.74, 6) is 0.888. The van der Waals surface area contributed by atoms with E-state index >= 15 is 0 Å². The summed E-state index contributed by atoms with van der Waals surface area (Å²) < 4.78 is 0. The molecule has 0 aliphatic carbocycles. The number of carbonyl (C=O) groups is 1. The molecular weight excluding hydrogens is 164 g/mol. The fraction of sp³-hybridized carbons (Fsp3) is 0.900. The Hall–Kier alpha value is -0.570. The van der Waals surface area contributed by atoms with Gasteiger partial charge in [-0.2, -0.15) is 0 Å². The fourth-order valence-corrected chi connectivity index (χ4v) is 1.66. The van der Waals surface area contributed by atoms with Gasteiger partial charge in [-0.1, -0.05) is 20.8 Å². The molecule has 13 heavy (non-hydrogen) atoms. The summed E-state index contributed by atoms with van der Waals surface area (Å²) in [4.78, 5) is 13.5. The first-order chi connectivity index (χ1) is 6.02. The van der Waals surface area contributed by atoms with Crippen LogP contribution in [0.5, 0.6) is 0 Å². The molecule has 76 valence electrons. The van der Waals surface area contributed by atoms with Crippen LogP contribution < -0.4 is 5.73 Å². The van der Waals surface area contributed by atoms with Gasteiger partial charge in [0.05, 0.1) is 0 Å². The van der Waals surface area contributed by atoms with E-state index in [0.717, 1.165) is 19.5 Å². The van der Waals surface area contributed by atoms with E-state index < -0.39 is 0 Å². The van der Waals surface area contributed by atoms with Crippen molar-refractivity contribution in [2.24, 2.45) is 17.6 Å². The SMILES string of the molecule is CC(C)C(=O)N1CC[C@@H](C)[C@@H](N)C1. The van der Waals surface area contributed by atoms with E-state index in [-0.39, 0.29) is 17.9 Å².